The minimum atomic E-state index is -0.0975. The van der Waals surface area contributed by atoms with E-state index in [1.54, 1.807) is 0 Å². The lowest BCUT2D eigenvalue weighted by molar-refractivity contribution is -0.114. The Hall–Kier alpha value is -2.56. The molecular weight excluding hydrogens is 290 g/mol. The van der Waals surface area contributed by atoms with E-state index in [4.69, 9.17) is 0 Å². The Bertz CT molecular complexity index is 808. The van der Waals surface area contributed by atoms with Crippen LogP contribution in [0.5, 0.6) is 0 Å². The zero-order valence-corrected chi connectivity index (χ0v) is 13.5. The number of nitrogens with one attached hydrogen (secondary N) is 3. The van der Waals surface area contributed by atoms with Crippen LogP contribution >= 0.6 is 0 Å². The summed E-state index contributed by atoms with van der Waals surface area (Å²) in [6.45, 7) is 3.40. The largest absolute Gasteiger partial charge is 0.354 e. The fourth-order valence-electron chi connectivity index (χ4n) is 3.16. The molecule has 1 heterocycles. The third-order valence-corrected chi connectivity index (χ3v) is 4.17. The smallest absolute Gasteiger partial charge is 0.251 e. The van der Waals surface area contributed by atoms with Gasteiger partial charge in [0.25, 0.3) is 5.56 Å². The summed E-state index contributed by atoms with van der Waals surface area (Å²) in [4.78, 5) is 26.3. The lowest BCUT2D eigenvalue weighted by Crippen LogP contribution is -2.22. The third-order valence-electron chi connectivity index (χ3n) is 4.17. The van der Waals surface area contributed by atoms with Crippen LogP contribution in [0, 0.1) is 6.92 Å². The molecule has 3 rings (SSSR count). The maximum Gasteiger partial charge on any atom is 0.251 e. The first-order valence-electron chi connectivity index (χ1n) is 7.94. The summed E-state index contributed by atoms with van der Waals surface area (Å²) in [6.07, 6.45) is 3.94. The first-order chi connectivity index (χ1) is 11.0. The Labute approximate surface area is 135 Å². The highest BCUT2D eigenvalue weighted by Crippen LogP contribution is 2.30. The van der Waals surface area contributed by atoms with Crippen molar-refractivity contribution in [1.29, 1.82) is 0 Å². The van der Waals surface area contributed by atoms with E-state index >= 15 is 0 Å². The lowest BCUT2D eigenvalue weighted by Gasteiger charge is -2.21. The fraction of sp³-hybridized carbons (Fsp3) is 0.333. The van der Waals surface area contributed by atoms with E-state index < -0.39 is 0 Å². The average Bonchev–Trinajstić information content (AvgIpc) is 2.51. The van der Waals surface area contributed by atoms with Crippen molar-refractivity contribution >= 4 is 23.0 Å². The van der Waals surface area contributed by atoms with Crippen molar-refractivity contribution in [3.63, 3.8) is 0 Å². The third kappa shape index (κ3) is 3.28. The number of aromatic amines is 1. The normalized spacial score (nSPS) is 13.3. The number of rotatable bonds is 3. The van der Waals surface area contributed by atoms with E-state index in [0.29, 0.717) is 0 Å². The second-order valence-electron chi connectivity index (χ2n) is 6.01. The molecule has 1 aliphatic rings. The number of anilines is 3. The Kier molecular flexibility index (Phi) is 4.19. The lowest BCUT2D eigenvalue weighted by atomic mass is 9.91. The second-order valence-corrected chi connectivity index (χ2v) is 6.01. The first-order valence-corrected chi connectivity index (χ1v) is 7.94. The number of H-pyrrole nitrogens is 1. The van der Waals surface area contributed by atoms with Gasteiger partial charge in [0.2, 0.25) is 5.91 Å². The second kappa shape index (κ2) is 6.28. The van der Waals surface area contributed by atoms with Crippen molar-refractivity contribution < 1.29 is 4.79 Å². The van der Waals surface area contributed by atoms with Crippen LogP contribution in [-0.4, -0.2) is 10.9 Å². The molecule has 0 bridgehead atoms. The van der Waals surface area contributed by atoms with E-state index in [0.717, 1.165) is 59.6 Å². The predicted octanol–water partition coefficient (Wildman–Crippen LogP) is 3.26. The van der Waals surface area contributed by atoms with Gasteiger partial charge in [-0.1, -0.05) is 6.07 Å². The molecule has 1 aliphatic carbocycles. The van der Waals surface area contributed by atoms with Crippen LogP contribution in [0.25, 0.3) is 0 Å². The van der Waals surface area contributed by atoms with Crippen molar-refractivity contribution in [2.45, 2.75) is 39.5 Å². The van der Waals surface area contributed by atoms with Crippen LogP contribution < -0.4 is 16.2 Å². The van der Waals surface area contributed by atoms with Crippen LogP contribution in [0.15, 0.2) is 29.1 Å². The number of fused-ring (bicyclic) bond motifs is 1. The Morgan fingerprint density at radius 3 is 2.57 bits per heavy atom. The molecule has 0 spiro atoms. The molecule has 2 aromatic rings. The molecular formula is C18H21N3O2. The highest BCUT2D eigenvalue weighted by molar-refractivity contribution is 5.89. The molecule has 0 radical (unpaired) electrons. The molecule has 0 fully saturated rings. The molecule has 0 aliphatic heterocycles. The Balaban J connectivity index is 1.97. The molecule has 0 atom stereocenters. The standard InChI is InChI=1S/C18H21N3O2/c1-11-17(15-8-3-4-9-16(15)18(23)19-11)21-14-7-5-6-13(10-14)20-12(2)22/h5-7,10,21H,3-4,8-9H2,1-2H3,(H,19,23)(H,20,22). The number of benzene rings is 1. The fourth-order valence-corrected chi connectivity index (χ4v) is 3.16. The molecule has 23 heavy (non-hydrogen) atoms. The Morgan fingerprint density at radius 2 is 1.83 bits per heavy atom. The molecule has 5 heteroatoms. The molecule has 1 amide bonds. The number of carbonyl (C=O) groups excluding carboxylic acids is 1. The Morgan fingerprint density at radius 1 is 1.13 bits per heavy atom. The maximum atomic E-state index is 12.1. The van der Waals surface area contributed by atoms with Crippen LogP contribution in [0.3, 0.4) is 0 Å². The predicted molar refractivity (Wildman–Crippen MR) is 92.5 cm³/mol. The summed E-state index contributed by atoms with van der Waals surface area (Å²) < 4.78 is 0. The summed E-state index contributed by atoms with van der Waals surface area (Å²) in [5.74, 6) is -0.0975. The van der Waals surface area contributed by atoms with Gasteiger partial charge in [0, 0.05) is 29.6 Å². The zero-order chi connectivity index (χ0) is 16.4. The minimum Gasteiger partial charge on any atom is -0.354 e. The summed E-state index contributed by atoms with van der Waals surface area (Å²) in [5, 5.41) is 6.20. The first kappa shape index (κ1) is 15.3. The van der Waals surface area contributed by atoms with E-state index in [1.165, 1.54) is 6.92 Å². The van der Waals surface area contributed by atoms with E-state index in [2.05, 4.69) is 15.6 Å². The van der Waals surface area contributed by atoms with Gasteiger partial charge in [-0.15, -0.1) is 0 Å². The van der Waals surface area contributed by atoms with Crippen LogP contribution in [-0.2, 0) is 17.6 Å². The number of amides is 1. The number of carbonyl (C=O) groups is 1. The van der Waals surface area contributed by atoms with Crippen molar-refractivity contribution in [2.75, 3.05) is 10.6 Å². The van der Waals surface area contributed by atoms with E-state index in [-0.39, 0.29) is 11.5 Å². The van der Waals surface area contributed by atoms with Crippen molar-refractivity contribution in [3.05, 3.63) is 51.4 Å². The highest BCUT2D eigenvalue weighted by atomic mass is 16.1. The summed E-state index contributed by atoms with van der Waals surface area (Å²) in [7, 11) is 0. The van der Waals surface area contributed by atoms with Gasteiger partial charge in [-0.25, -0.2) is 0 Å². The highest BCUT2D eigenvalue weighted by Gasteiger charge is 2.19. The van der Waals surface area contributed by atoms with Crippen LogP contribution in [0.4, 0.5) is 17.1 Å². The maximum absolute atomic E-state index is 12.1. The number of aromatic nitrogens is 1. The van der Waals surface area contributed by atoms with Gasteiger partial charge in [-0.2, -0.15) is 0 Å². The molecule has 1 aromatic heterocycles. The van der Waals surface area contributed by atoms with Gasteiger partial charge in [-0.3, -0.25) is 9.59 Å². The van der Waals surface area contributed by atoms with E-state index in [9.17, 15) is 9.59 Å². The molecule has 0 saturated carbocycles. The SMILES string of the molecule is CC(=O)Nc1cccc(Nc2c(C)[nH]c(=O)c3c2CCCC3)c1. The van der Waals surface area contributed by atoms with Gasteiger partial charge >= 0.3 is 0 Å². The summed E-state index contributed by atoms with van der Waals surface area (Å²) in [6, 6.07) is 7.58. The number of pyridine rings is 1. The topological polar surface area (TPSA) is 74.0 Å². The molecule has 120 valence electrons. The van der Waals surface area contributed by atoms with Crippen molar-refractivity contribution in [1.82, 2.24) is 4.98 Å². The van der Waals surface area contributed by atoms with Crippen molar-refractivity contribution in [2.24, 2.45) is 0 Å². The number of hydrogen-bond acceptors (Lipinski definition) is 3. The molecule has 5 nitrogen and oxygen atoms in total. The van der Waals surface area contributed by atoms with E-state index in [1.807, 2.05) is 31.2 Å². The summed E-state index contributed by atoms with van der Waals surface area (Å²) >= 11 is 0. The number of aryl methyl sites for hydroxylation is 1. The molecule has 1 aromatic carbocycles. The van der Waals surface area contributed by atoms with Crippen LogP contribution in [0.1, 0.15) is 36.6 Å². The van der Waals surface area contributed by atoms with Crippen LogP contribution in [0.2, 0.25) is 0 Å². The molecule has 0 unspecified atom stereocenters. The number of hydrogen-bond donors (Lipinski definition) is 3. The average molecular weight is 311 g/mol. The quantitative estimate of drug-likeness (QED) is 0.814. The summed E-state index contributed by atoms with van der Waals surface area (Å²) in [5.41, 5.74) is 5.54. The monoisotopic (exact) mass is 311 g/mol. The zero-order valence-electron chi connectivity index (χ0n) is 13.5. The van der Waals surface area contributed by atoms with Crippen molar-refractivity contribution in [3.8, 4) is 0 Å². The van der Waals surface area contributed by atoms with Gasteiger partial charge in [0.05, 0.1) is 5.69 Å². The molecule has 0 saturated heterocycles. The van der Waals surface area contributed by atoms with Gasteiger partial charge in [-0.05, 0) is 56.4 Å². The van der Waals surface area contributed by atoms with Gasteiger partial charge in [0.15, 0.2) is 0 Å². The van der Waals surface area contributed by atoms with Gasteiger partial charge in [0.1, 0.15) is 0 Å². The minimum absolute atomic E-state index is 0.0368. The molecule has 3 N–H and O–H groups in total. The van der Waals surface area contributed by atoms with Gasteiger partial charge < -0.3 is 15.6 Å².